The number of rotatable bonds is 7. The minimum Gasteiger partial charge on any atom is -0.356 e. The fraction of sp³-hybridized carbons (Fsp3) is 0.333. The highest BCUT2D eigenvalue weighted by Crippen LogP contribution is 2.26. The van der Waals surface area contributed by atoms with Crippen LogP contribution in [0.1, 0.15) is 32.6 Å². The highest BCUT2D eigenvalue weighted by atomic mass is 32.2. The van der Waals surface area contributed by atoms with Crippen LogP contribution in [-0.4, -0.2) is 24.0 Å². The van der Waals surface area contributed by atoms with E-state index in [9.17, 15) is 9.59 Å². The molecule has 0 saturated carbocycles. The first-order valence-electron chi connectivity index (χ1n) is 7.52. The van der Waals surface area contributed by atoms with Gasteiger partial charge in [-0.3, -0.25) is 9.59 Å². The molecule has 0 saturated heterocycles. The molecule has 2 rings (SSSR count). The molecule has 0 aliphatic rings. The minimum absolute atomic E-state index is 0.0252. The molecule has 0 aliphatic heterocycles. The Morgan fingerprint density at radius 1 is 1.17 bits per heavy atom. The quantitative estimate of drug-likeness (QED) is 0.608. The zero-order valence-electron chi connectivity index (χ0n) is 13.6. The number of hydrogen-bond acceptors (Lipinski definition) is 4. The molecule has 0 unspecified atom stereocenters. The van der Waals surface area contributed by atoms with E-state index in [1.807, 2.05) is 12.1 Å². The lowest BCUT2D eigenvalue weighted by Crippen LogP contribution is -2.22. The smallest absolute Gasteiger partial charge is 0.216 e. The van der Waals surface area contributed by atoms with Crippen molar-refractivity contribution in [3.05, 3.63) is 51.2 Å². The fourth-order valence-electron chi connectivity index (χ4n) is 2.10. The molecule has 0 bridgehead atoms. The number of benzene rings is 1. The number of carbonyl (C=O) groups is 2. The maximum absolute atomic E-state index is 12.3. The molecule has 5 heteroatoms. The Hall–Kier alpha value is -1.59. The molecule has 0 fully saturated rings. The van der Waals surface area contributed by atoms with Gasteiger partial charge in [-0.2, -0.15) is 0 Å². The molecule has 1 N–H and O–H groups in total. The Bertz CT molecular complexity index is 707. The lowest BCUT2D eigenvalue weighted by Gasteiger charge is -2.05. The van der Waals surface area contributed by atoms with Gasteiger partial charge in [-0.15, -0.1) is 23.1 Å². The minimum atomic E-state index is -0.0252. The molecule has 1 aromatic heterocycles. The maximum atomic E-state index is 12.3. The monoisotopic (exact) mass is 347 g/mol. The van der Waals surface area contributed by atoms with E-state index in [0.29, 0.717) is 12.3 Å². The van der Waals surface area contributed by atoms with Crippen LogP contribution in [0.3, 0.4) is 0 Å². The van der Waals surface area contributed by atoms with Crippen LogP contribution < -0.4 is 5.32 Å². The van der Waals surface area contributed by atoms with E-state index >= 15 is 0 Å². The predicted molar refractivity (Wildman–Crippen MR) is 97.7 cm³/mol. The number of nitrogens with one attached hydrogen (secondary N) is 1. The summed E-state index contributed by atoms with van der Waals surface area (Å²) in [4.78, 5) is 26.3. The topological polar surface area (TPSA) is 46.2 Å². The molecule has 0 aliphatic carbocycles. The van der Waals surface area contributed by atoms with Gasteiger partial charge in [0.2, 0.25) is 5.91 Å². The van der Waals surface area contributed by atoms with E-state index in [1.165, 1.54) is 34.3 Å². The van der Waals surface area contributed by atoms with Crippen LogP contribution in [0.25, 0.3) is 0 Å². The largest absolute Gasteiger partial charge is 0.356 e. The molecular formula is C18H21NO2S2. The Morgan fingerprint density at radius 2 is 1.96 bits per heavy atom. The van der Waals surface area contributed by atoms with Crippen LogP contribution in [0.4, 0.5) is 0 Å². The van der Waals surface area contributed by atoms with Crippen LogP contribution in [0.2, 0.25) is 0 Å². The molecule has 1 aromatic carbocycles. The lowest BCUT2D eigenvalue weighted by molar-refractivity contribution is -0.118. The summed E-state index contributed by atoms with van der Waals surface area (Å²) in [5.74, 6) is 0.588. The van der Waals surface area contributed by atoms with Gasteiger partial charge in [0, 0.05) is 23.2 Å². The lowest BCUT2D eigenvalue weighted by atomic mass is 10.2. The van der Waals surface area contributed by atoms with Crippen LogP contribution >= 0.6 is 23.1 Å². The van der Waals surface area contributed by atoms with Gasteiger partial charge in [-0.1, -0.05) is 17.7 Å². The number of amides is 1. The zero-order valence-corrected chi connectivity index (χ0v) is 15.3. The Balaban J connectivity index is 1.89. The highest BCUT2D eigenvalue weighted by Gasteiger charge is 2.11. The van der Waals surface area contributed by atoms with E-state index in [4.69, 9.17) is 0 Å². The molecule has 122 valence electrons. The predicted octanol–water partition coefficient (Wildman–Crippen LogP) is 4.02. The van der Waals surface area contributed by atoms with Crippen molar-refractivity contribution < 1.29 is 9.59 Å². The number of carbonyl (C=O) groups excluding carboxylic acids is 2. The van der Waals surface area contributed by atoms with Crippen molar-refractivity contribution in [1.29, 1.82) is 0 Å². The zero-order chi connectivity index (χ0) is 16.8. The standard InChI is InChI=1S/C18H21NO2S2/c1-12-4-5-13(2)18(10-12)22-11-16(21)17-7-6-15(23-17)8-9-19-14(3)20/h4-7,10H,8-9,11H2,1-3H3,(H,19,20). The van der Waals surface area contributed by atoms with Gasteiger partial charge in [-0.05, 0) is 44.0 Å². The molecule has 0 spiro atoms. The normalized spacial score (nSPS) is 10.6. The third kappa shape index (κ3) is 5.52. The molecule has 23 heavy (non-hydrogen) atoms. The number of thiophene rings is 1. The molecule has 0 radical (unpaired) electrons. The first kappa shape index (κ1) is 17.8. The molecule has 1 heterocycles. The third-order valence-electron chi connectivity index (χ3n) is 3.38. The number of aryl methyl sites for hydroxylation is 2. The second-order valence-electron chi connectivity index (χ2n) is 5.48. The molecule has 2 aromatic rings. The van der Waals surface area contributed by atoms with Gasteiger partial charge in [0.05, 0.1) is 10.6 Å². The number of hydrogen-bond donors (Lipinski definition) is 1. The van der Waals surface area contributed by atoms with Gasteiger partial charge in [0.1, 0.15) is 0 Å². The first-order valence-corrected chi connectivity index (χ1v) is 9.32. The maximum Gasteiger partial charge on any atom is 0.216 e. The first-order chi connectivity index (χ1) is 11.0. The summed E-state index contributed by atoms with van der Waals surface area (Å²) >= 11 is 3.12. The summed E-state index contributed by atoms with van der Waals surface area (Å²) in [6, 6.07) is 10.2. The average Bonchev–Trinajstić information content (AvgIpc) is 2.96. The van der Waals surface area contributed by atoms with Crippen molar-refractivity contribution in [3.8, 4) is 0 Å². The van der Waals surface area contributed by atoms with Crippen LogP contribution in [-0.2, 0) is 11.2 Å². The SMILES string of the molecule is CC(=O)NCCc1ccc(C(=O)CSc2cc(C)ccc2C)s1. The summed E-state index contributed by atoms with van der Waals surface area (Å²) < 4.78 is 0. The van der Waals surface area contributed by atoms with Crippen LogP contribution in [0.15, 0.2) is 35.2 Å². The van der Waals surface area contributed by atoms with Crippen LogP contribution in [0.5, 0.6) is 0 Å². The summed E-state index contributed by atoms with van der Waals surface area (Å²) in [6.07, 6.45) is 0.766. The molecule has 3 nitrogen and oxygen atoms in total. The van der Waals surface area contributed by atoms with Crippen molar-refractivity contribution >= 4 is 34.8 Å². The second kappa shape index (κ2) is 8.31. The second-order valence-corrected chi connectivity index (χ2v) is 7.67. The fourth-order valence-corrected chi connectivity index (χ4v) is 4.14. The van der Waals surface area contributed by atoms with Crippen molar-refractivity contribution in [2.24, 2.45) is 0 Å². The van der Waals surface area contributed by atoms with E-state index in [-0.39, 0.29) is 11.7 Å². The van der Waals surface area contributed by atoms with Crippen LogP contribution in [0, 0.1) is 13.8 Å². The Kier molecular flexibility index (Phi) is 6.42. The molecule has 1 amide bonds. The molecular weight excluding hydrogens is 326 g/mol. The van der Waals surface area contributed by atoms with Crippen molar-refractivity contribution in [2.45, 2.75) is 32.1 Å². The average molecular weight is 348 g/mol. The van der Waals surface area contributed by atoms with Crippen molar-refractivity contribution in [2.75, 3.05) is 12.3 Å². The molecule has 0 atom stereocenters. The van der Waals surface area contributed by atoms with Gasteiger partial charge in [-0.25, -0.2) is 0 Å². The van der Waals surface area contributed by atoms with E-state index in [2.05, 4.69) is 37.4 Å². The van der Waals surface area contributed by atoms with E-state index in [0.717, 1.165) is 16.2 Å². The van der Waals surface area contributed by atoms with Gasteiger partial charge >= 0.3 is 0 Å². The van der Waals surface area contributed by atoms with Gasteiger partial charge < -0.3 is 5.32 Å². The van der Waals surface area contributed by atoms with Crippen molar-refractivity contribution in [3.63, 3.8) is 0 Å². The van der Waals surface area contributed by atoms with Gasteiger partial charge in [0.25, 0.3) is 0 Å². The highest BCUT2D eigenvalue weighted by molar-refractivity contribution is 8.00. The summed E-state index contributed by atoms with van der Waals surface area (Å²) in [5.41, 5.74) is 2.41. The summed E-state index contributed by atoms with van der Waals surface area (Å²) in [5, 5.41) is 2.77. The summed E-state index contributed by atoms with van der Waals surface area (Å²) in [7, 11) is 0. The van der Waals surface area contributed by atoms with Gasteiger partial charge in [0.15, 0.2) is 5.78 Å². The number of thioether (sulfide) groups is 1. The number of ketones is 1. The Labute approximate surface area is 145 Å². The van der Waals surface area contributed by atoms with E-state index < -0.39 is 0 Å². The third-order valence-corrected chi connectivity index (χ3v) is 5.73. The summed E-state index contributed by atoms with van der Waals surface area (Å²) in [6.45, 7) is 6.25. The van der Waals surface area contributed by atoms with E-state index in [1.54, 1.807) is 11.8 Å². The Morgan fingerprint density at radius 3 is 2.70 bits per heavy atom. The van der Waals surface area contributed by atoms with Crippen molar-refractivity contribution in [1.82, 2.24) is 5.32 Å². The number of Topliss-reactive ketones (excluding diaryl/α,β-unsaturated/α-hetero) is 1.